The van der Waals surface area contributed by atoms with Crippen LogP contribution in [0.4, 0.5) is 5.69 Å². The molecule has 0 spiro atoms. The minimum absolute atomic E-state index is 0.115. The first kappa shape index (κ1) is 16.7. The zero-order valence-electron chi connectivity index (χ0n) is 12.7. The number of carbonyl (C=O) groups excluding carboxylic acids is 1. The van der Waals surface area contributed by atoms with Crippen molar-refractivity contribution in [1.82, 2.24) is 0 Å². The van der Waals surface area contributed by atoms with Crippen molar-refractivity contribution in [2.45, 2.75) is 6.92 Å². The molecule has 0 atom stereocenters. The van der Waals surface area contributed by atoms with Crippen molar-refractivity contribution in [2.75, 3.05) is 25.5 Å². The Hall–Kier alpha value is -2.33. The van der Waals surface area contributed by atoms with E-state index < -0.39 is 5.97 Å². The van der Waals surface area contributed by atoms with Crippen molar-refractivity contribution >= 4 is 17.7 Å². The average Bonchev–Trinajstić information content (AvgIpc) is 2.47. The molecular weight excluding hydrogens is 264 g/mol. The number of allylic oxidation sites excluding steroid dienone is 4. The van der Waals surface area contributed by atoms with Gasteiger partial charge in [0.2, 0.25) is 0 Å². The maximum atomic E-state index is 10.6. The number of benzene rings is 1. The molecule has 0 aliphatic heterocycles. The predicted molar refractivity (Wildman–Crippen MR) is 84.5 cm³/mol. The lowest BCUT2D eigenvalue weighted by Gasteiger charge is -2.19. The summed E-state index contributed by atoms with van der Waals surface area (Å²) in [7, 11) is 3.71. The van der Waals surface area contributed by atoms with Gasteiger partial charge < -0.3 is 20.1 Å². The van der Waals surface area contributed by atoms with Crippen LogP contribution in [0, 0.1) is 0 Å². The highest BCUT2D eigenvalue weighted by molar-refractivity contribution is 5.71. The van der Waals surface area contributed by atoms with E-state index in [1.807, 2.05) is 74.1 Å². The number of likely N-dealkylation sites (N-methyl/N-ethyl adjacent to an activating group) is 1. The zero-order valence-corrected chi connectivity index (χ0v) is 12.7. The molecule has 0 aromatic heterocycles. The molecule has 112 valence electrons. The van der Waals surface area contributed by atoms with Crippen LogP contribution in [0.1, 0.15) is 12.5 Å². The SMILES string of the molecule is C/C=C(\C=C/[NH2+]C)/C=C/c1ccc(N(C)CC(=O)[O-])cc1. The van der Waals surface area contributed by atoms with Crippen LogP contribution >= 0.6 is 0 Å². The van der Waals surface area contributed by atoms with Crippen molar-refractivity contribution in [3.63, 3.8) is 0 Å². The summed E-state index contributed by atoms with van der Waals surface area (Å²) in [5.74, 6) is -1.08. The van der Waals surface area contributed by atoms with Gasteiger partial charge in [0.25, 0.3) is 0 Å². The maximum absolute atomic E-state index is 10.6. The van der Waals surface area contributed by atoms with Gasteiger partial charge in [-0.05, 0) is 36.3 Å². The van der Waals surface area contributed by atoms with E-state index in [0.717, 1.165) is 16.8 Å². The Bertz CT molecular complexity index is 542. The molecule has 0 radical (unpaired) electrons. The van der Waals surface area contributed by atoms with Crippen LogP contribution in [0.15, 0.2) is 54.3 Å². The second kappa shape index (κ2) is 8.76. The van der Waals surface area contributed by atoms with E-state index in [1.165, 1.54) is 0 Å². The number of aliphatic carboxylic acids is 1. The molecule has 0 saturated heterocycles. The van der Waals surface area contributed by atoms with Crippen LogP contribution in [-0.4, -0.2) is 26.6 Å². The monoisotopic (exact) mass is 286 g/mol. The summed E-state index contributed by atoms with van der Waals surface area (Å²) >= 11 is 0. The molecule has 4 nitrogen and oxygen atoms in total. The van der Waals surface area contributed by atoms with Crippen LogP contribution in [-0.2, 0) is 4.79 Å². The highest BCUT2D eigenvalue weighted by Gasteiger charge is 2.00. The largest absolute Gasteiger partial charge is 0.548 e. The lowest BCUT2D eigenvalue weighted by Crippen LogP contribution is -2.72. The number of carboxylic acid groups (broad SMARTS) is 1. The molecule has 1 rings (SSSR count). The molecule has 1 aromatic carbocycles. The van der Waals surface area contributed by atoms with E-state index in [2.05, 4.69) is 0 Å². The molecular formula is C17H22N2O2. The normalized spacial score (nSPS) is 12.2. The van der Waals surface area contributed by atoms with E-state index in [4.69, 9.17) is 0 Å². The predicted octanol–water partition coefficient (Wildman–Crippen LogP) is 0.539. The van der Waals surface area contributed by atoms with Gasteiger partial charge in [0.15, 0.2) is 0 Å². The first-order valence-corrected chi connectivity index (χ1v) is 6.88. The number of hydrogen-bond acceptors (Lipinski definition) is 3. The molecule has 0 heterocycles. The summed E-state index contributed by atoms with van der Waals surface area (Å²) in [6, 6.07) is 7.71. The molecule has 0 unspecified atom stereocenters. The summed E-state index contributed by atoms with van der Waals surface area (Å²) in [5, 5.41) is 12.6. The molecule has 21 heavy (non-hydrogen) atoms. The third kappa shape index (κ3) is 6.10. The van der Waals surface area contributed by atoms with Crippen LogP contribution in [0.5, 0.6) is 0 Å². The Balaban J connectivity index is 2.74. The summed E-state index contributed by atoms with van der Waals surface area (Å²) in [6.07, 6.45) is 10.1. The average molecular weight is 286 g/mol. The fraction of sp³-hybridized carbons (Fsp3) is 0.235. The van der Waals surface area contributed by atoms with Gasteiger partial charge in [0.1, 0.15) is 0 Å². The third-order valence-electron chi connectivity index (χ3n) is 2.98. The van der Waals surface area contributed by atoms with Gasteiger partial charge >= 0.3 is 0 Å². The van der Waals surface area contributed by atoms with E-state index in [0.29, 0.717) is 0 Å². The minimum Gasteiger partial charge on any atom is -0.548 e. The van der Waals surface area contributed by atoms with Gasteiger partial charge in [-0.15, -0.1) is 0 Å². The first-order chi connectivity index (χ1) is 10.1. The van der Waals surface area contributed by atoms with Crippen molar-refractivity contribution in [3.8, 4) is 0 Å². The molecule has 0 aliphatic carbocycles. The van der Waals surface area contributed by atoms with Gasteiger partial charge in [-0.1, -0.05) is 30.4 Å². The molecule has 0 fully saturated rings. The van der Waals surface area contributed by atoms with Crippen LogP contribution in [0.25, 0.3) is 6.08 Å². The lowest BCUT2D eigenvalue weighted by molar-refractivity contribution is -0.556. The molecule has 0 bridgehead atoms. The smallest absolute Gasteiger partial charge is 0.0929 e. The quantitative estimate of drug-likeness (QED) is 0.744. The van der Waals surface area contributed by atoms with E-state index in [-0.39, 0.29) is 6.54 Å². The number of nitrogens with zero attached hydrogens (tertiary/aromatic N) is 1. The first-order valence-electron chi connectivity index (χ1n) is 6.88. The Morgan fingerprint density at radius 1 is 1.29 bits per heavy atom. The van der Waals surface area contributed by atoms with Gasteiger partial charge in [0.05, 0.1) is 25.8 Å². The van der Waals surface area contributed by atoms with Crippen molar-refractivity contribution in [1.29, 1.82) is 0 Å². The maximum Gasteiger partial charge on any atom is 0.0929 e. The standard InChI is InChI=1S/C17H22N2O2/c1-4-14(11-12-18-2)5-6-15-7-9-16(10-8-15)19(3)13-17(20)21/h4-12,18H,13H2,1-3H3,(H,20,21)/b6-5+,12-11-,14-4-. The van der Waals surface area contributed by atoms with Gasteiger partial charge in [-0.3, -0.25) is 0 Å². The number of anilines is 1. The van der Waals surface area contributed by atoms with Crippen molar-refractivity contribution < 1.29 is 15.2 Å². The van der Waals surface area contributed by atoms with Gasteiger partial charge in [0, 0.05) is 12.7 Å². The van der Waals surface area contributed by atoms with Crippen molar-refractivity contribution in [3.05, 3.63) is 59.8 Å². The van der Waals surface area contributed by atoms with Crippen LogP contribution in [0.3, 0.4) is 0 Å². The zero-order chi connectivity index (χ0) is 15.7. The van der Waals surface area contributed by atoms with Gasteiger partial charge in [-0.2, -0.15) is 0 Å². The minimum atomic E-state index is -1.08. The topological polar surface area (TPSA) is 60.0 Å². The van der Waals surface area contributed by atoms with E-state index in [1.54, 1.807) is 11.9 Å². The number of nitrogens with two attached hydrogens (primary N) is 1. The lowest BCUT2D eigenvalue weighted by atomic mass is 10.1. The highest BCUT2D eigenvalue weighted by atomic mass is 16.4. The molecule has 0 amide bonds. The summed E-state index contributed by atoms with van der Waals surface area (Å²) < 4.78 is 0. The Labute approximate surface area is 126 Å². The second-order valence-electron chi connectivity index (χ2n) is 4.63. The Kier molecular flexibility index (Phi) is 6.98. The summed E-state index contributed by atoms with van der Waals surface area (Å²) in [4.78, 5) is 12.2. The second-order valence-corrected chi connectivity index (χ2v) is 4.63. The van der Waals surface area contributed by atoms with E-state index in [9.17, 15) is 9.90 Å². The number of rotatable bonds is 7. The van der Waals surface area contributed by atoms with Crippen molar-refractivity contribution in [2.24, 2.45) is 0 Å². The van der Waals surface area contributed by atoms with Crippen LogP contribution < -0.4 is 15.3 Å². The number of carboxylic acids is 1. The number of carbonyl (C=O) groups is 1. The Morgan fingerprint density at radius 3 is 2.48 bits per heavy atom. The van der Waals surface area contributed by atoms with E-state index >= 15 is 0 Å². The molecule has 0 aliphatic rings. The molecule has 2 N–H and O–H groups in total. The number of quaternary nitrogens is 1. The molecule has 1 aromatic rings. The summed E-state index contributed by atoms with van der Waals surface area (Å²) in [6.45, 7) is 1.88. The molecule has 0 saturated carbocycles. The fourth-order valence-electron chi connectivity index (χ4n) is 1.77. The summed E-state index contributed by atoms with van der Waals surface area (Å²) in [5.41, 5.74) is 3.04. The van der Waals surface area contributed by atoms with Crippen LogP contribution in [0.2, 0.25) is 0 Å². The third-order valence-corrected chi connectivity index (χ3v) is 2.98. The molecule has 4 heteroatoms. The fourth-order valence-corrected chi connectivity index (χ4v) is 1.77. The Morgan fingerprint density at radius 2 is 1.95 bits per heavy atom. The number of hydrogen-bond donors (Lipinski definition) is 1. The highest BCUT2D eigenvalue weighted by Crippen LogP contribution is 2.15. The van der Waals surface area contributed by atoms with Gasteiger partial charge in [-0.25, -0.2) is 0 Å².